The predicted octanol–water partition coefficient (Wildman–Crippen LogP) is 6.05. The summed E-state index contributed by atoms with van der Waals surface area (Å²) in [6.07, 6.45) is 5.31. The molecule has 5 nitrogen and oxygen atoms in total. The number of Topliss-reactive ketones (excluding diaryl/α,β-unsaturated/α-hetero) is 1. The summed E-state index contributed by atoms with van der Waals surface area (Å²) in [5.41, 5.74) is 1.25. The highest BCUT2D eigenvalue weighted by molar-refractivity contribution is 6.47. The topological polar surface area (TPSA) is 60.9 Å². The Balaban J connectivity index is 1.90. The van der Waals surface area contributed by atoms with Gasteiger partial charge in [-0.25, -0.2) is 0 Å². The van der Waals surface area contributed by atoms with Crippen LogP contribution in [-0.2, 0) is 9.59 Å². The van der Waals surface area contributed by atoms with Crippen LogP contribution in [0.15, 0.2) is 60.2 Å². The van der Waals surface area contributed by atoms with E-state index in [-0.39, 0.29) is 11.3 Å². The maximum Gasteiger partial charge on any atom is 0.295 e. The fourth-order valence-electron chi connectivity index (χ4n) is 4.45. The van der Waals surface area contributed by atoms with E-state index >= 15 is 0 Å². The second kappa shape index (κ2) is 12.7. The molecule has 1 fully saturated rings. The molecule has 1 heterocycles. The summed E-state index contributed by atoms with van der Waals surface area (Å²) in [5.74, 6) is -1.42. The van der Waals surface area contributed by atoms with Crippen molar-refractivity contribution in [3.63, 3.8) is 0 Å². The highest BCUT2D eigenvalue weighted by atomic mass is 35.5. The number of aliphatic hydroxyl groups is 1. The van der Waals surface area contributed by atoms with Crippen molar-refractivity contribution in [2.45, 2.75) is 52.0 Å². The number of halogens is 1. The third kappa shape index (κ3) is 6.08. The molecule has 0 aliphatic carbocycles. The first-order valence-electron chi connectivity index (χ1n) is 12.3. The number of hydrogen-bond acceptors (Lipinski definition) is 4. The average molecular weight is 483 g/mol. The monoisotopic (exact) mass is 482 g/mol. The SMILES string of the molecule is CCCCN(CCCC)CCCN1C(=O)C(=O)/C(=C(\O)c2ccccc2)C1c1ccccc1Cl. The Bertz CT molecular complexity index is 998. The first-order valence-corrected chi connectivity index (χ1v) is 12.7. The molecule has 1 aliphatic rings. The van der Waals surface area contributed by atoms with Gasteiger partial charge in [0.1, 0.15) is 5.76 Å². The number of carbonyl (C=O) groups excluding carboxylic acids is 2. The maximum atomic E-state index is 13.1. The molecule has 182 valence electrons. The van der Waals surface area contributed by atoms with Crippen molar-refractivity contribution < 1.29 is 14.7 Å². The van der Waals surface area contributed by atoms with E-state index in [0.717, 1.165) is 51.7 Å². The number of ketones is 1. The predicted molar refractivity (Wildman–Crippen MR) is 138 cm³/mol. The van der Waals surface area contributed by atoms with Gasteiger partial charge in [-0.1, -0.05) is 86.8 Å². The Kier molecular flexibility index (Phi) is 9.73. The standard InChI is InChI=1S/C28H35ClN2O3/c1-3-5-17-30(18-6-4-2)19-12-20-31-25(22-15-10-11-16-23(22)29)24(27(33)28(31)34)26(32)21-13-8-7-9-14-21/h7-11,13-16,25,32H,3-6,12,17-20H2,1-2H3/b26-24-. The van der Waals surface area contributed by atoms with Gasteiger partial charge in [-0.2, -0.15) is 0 Å². The molecule has 1 N–H and O–H groups in total. The van der Waals surface area contributed by atoms with E-state index in [1.165, 1.54) is 0 Å². The van der Waals surface area contributed by atoms with Crippen LogP contribution in [0.5, 0.6) is 0 Å². The first-order chi connectivity index (χ1) is 16.5. The number of rotatable bonds is 12. The highest BCUT2D eigenvalue weighted by Crippen LogP contribution is 2.41. The number of carbonyl (C=O) groups is 2. The van der Waals surface area contributed by atoms with Crippen LogP contribution in [0.25, 0.3) is 5.76 Å². The van der Waals surface area contributed by atoms with Crippen LogP contribution in [0.1, 0.15) is 63.1 Å². The minimum absolute atomic E-state index is 0.0955. The molecule has 0 radical (unpaired) electrons. The zero-order valence-electron chi connectivity index (χ0n) is 20.2. The summed E-state index contributed by atoms with van der Waals surface area (Å²) < 4.78 is 0. The summed E-state index contributed by atoms with van der Waals surface area (Å²) in [6, 6.07) is 15.4. The van der Waals surface area contributed by atoms with Gasteiger partial charge in [0, 0.05) is 17.1 Å². The molecule has 0 bridgehead atoms. The molecule has 1 aliphatic heterocycles. The molecule has 1 atom stereocenters. The van der Waals surface area contributed by atoms with Crippen molar-refractivity contribution in [3.05, 3.63) is 76.3 Å². The van der Waals surface area contributed by atoms with Gasteiger partial charge in [0.05, 0.1) is 11.6 Å². The quantitative estimate of drug-likeness (QED) is 0.227. The number of unbranched alkanes of at least 4 members (excludes halogenated alkanes) is 2. The number of amides is 1. The third-order valence-electron chi connectivity index (χ3n) is 6.32. The van der Waals surface area contributed by atoms with Crippen LogP contribution in [0.4, 0.5) is 0 Å². The van der Waals surface area contributed by atoms with Crippen molar-refractivity contribution in [2.75, 3.05) is 26.2 Å². The van der Waals surface area contributed by atoms with Crippen LogP contribution < -0.4 is 0 Å². The lowest BCUT2D eigenvalue weighted by Gasteiger charge is -2.28. The number of benzene rings is 2. The fourth-order valence-corrected chi connectivity index (χ4v) is 4.68. The highest BCUT2D eigenvalue weighted by Gasteiger charge is 2.46. The van der Waals surface area contributed by atoms with Crippen LogP contribution in [0.3, 0.4) is 0 Å². The van der Waals surface area contributed by atoms with Gasteiger partial charge in [0.25, 0.3) is 11.7 Å². The normalized spacial score (nSPS) is 17.6. The van der Waals surface area contributed by atoms with E-state index < -0.39 is 17.7 Å². The van der Waals surface area contributed by atoms with E-state index in [4.69, 9.17) is 11.6 Å². The molecule has 0 saturated carbocycles. The molecule has 2 aromatic rings. The number of nitrogens with zero attached hydrogens (tertiary/aromatic N) is 2. The third-order valence-corrected chi connectivity index (χ3v) is 6.66. The lowest BCUT2D eigenvalue weighted by atomic mass is 9.95. The van der Waals surface area contributed by atoms with Gasteiger partial charge in [0.15, 0.2) is 0 Å². The van der Waals surface area contributed by atoms with E-state index in [1.54, 1.807) is 35.2 Å². The number of aliphatic hydroxyl groups excluding tert-OH is 1. The first kappa shape index (κ1) is 26.0. The lowest BCUT2D eigenvalue weighted by Crippen LogP contribution is -2.34. The molecular weight excluding hydrogens is 448 g/mol. The largest absolute Gasteiger partial charge is 0.507 e. The Labute approximate surface area is 208 Å². The van der Waals surface area contributed by atoms with Gasteiger partial charge >= 0.3 is 0 Å². The van der Waals surface area contributed by atoms with E-state index in [9.17, 15) is 14.7 Å². The van der Waals surface area contributed by atoms with Gasteiger partial charge < -0.3 is 14.9 Å². The van der Waals surface area contributed by atoms with Crippen molar-refractivity contribution in [1.82, 2.24) is 9.80 Å². The Morgan fingerprint density at radius 1 is 0.912 bits per heavy atom. The van der Waals surface area contributed by atoms with Crippen molar-refractivity contribution in [2.24, 2.45) is 0 Å². The molecule has 1 saturated heterocycles. The minimum Gasteiger partial charge on any atom is -0.507 e. The Morgan fingerprint density at radius 2 is 1.50 bits per heavy atom. The van der Waals surface area contributed by atoms with Crippen LogP contribution in [-0.4, -0.2) is 52.8 Å². The summed E-state index contributed by atoms with van der Waals surface area (Å²) in [4.78, 5) is 30.3. The molecule has 1 unspecified atom stereocenters. The van der Waals surface area contributed by atoms with Gasteiger partial charge in [-0.05, 0) is 50.5 Å². The zero-order valence-corrected chi connectivity index (χ0v) is 20.9. The van der Waals surface area contributed by atoms with E-state index in [2.05, 4.69) is 18.7 Å². The smallest absolute Gasteiger partial charge is 0.295 e. The van der Waals surface area contributed by atoms with Crippen molar-refractivity contribution in [1.29, 1.82) is 0 Å². The average Bonchev–Trinajstić information content (AvgIpc) is 3.10. The van der Waals surface area contributed by atoms with Crippen LogP contribution in [0.2, 0.25) is 5.02 Å². The number of hydrogen-bond donors (Lipinski definition) is 1. The molecule has 0 aromatic heterocycles. The van der Waals surface area contributed by atoms with Crippen LogP contribution in [0, 0.1) is 0 Å². The summed E-state index contributed by atoms with van der Waals surface area (Å²) in [5, 5.41) is 11.5. The van der Waals surface area contributed by atoms with E-state index in [0.29, 0.717) is 22.7 Å². The molecular formula is C28H35ClN2O3. The Hall–Kier alpha value is -2.63. The molecule has 6 heteroatoms. The molecule has 34 heavy (non-hydrogen) atoms. The molecule has 0 spiro atoms. The maximum absolute atomic E-state index is 13.1. The second-order valence-corrected chi connectivity index (χ2v) is 9.19. The fraction of sp³-hybridized carbons (Fsp3) is 0.429. The van der Waals surface area contributed by atoms with Crippen molar-refractivity contribution >= 4 is 29.1 Å². The summed E-state index contributed by atoms with van der Waals surface area (Å²) >= 11 is 6.52. The Morgan fingerprint density at radius 3 is 2.12 bits per heavy atom. The minimum atomic E-state index is -0.714. The van der Waals surface area contributed by atoms with Gasteiger partial charge in [-0.15, -0.1) is 0 Å². The molecule has 2 aromatic carbocycles. The summed E-state index contributed by atoms with van der Waals surface area (Å²) in [7, 11) is 0. The zero-order chi connectivity index (χ0) is 24.5. The van der Waals surface area contributed by atoms with Gasteiger partial charge in [-0.3, -0.25) is 9.59 Å². The molecule has 1 amide bonds. The van der Waals surface area contributed by atoms with Crippen molar-refractivity contribution in [3.8, 4) is 0 Å². The summed E-state index contributed by atoms with van der Waals surface area (Å²) in [6.45, 7) is 7.73. The second-order valence-electron chi connectivity index (χ2n) is 8.78. The molecule has 3 rings (SSSR count). The van der Waals surface area contributed by atoms with Gasteiger partial charge in [0.2, 0.25) is 0 Å². The van der Waals surface area contributed by atoms with Crippen LogP contribution >= 0.6 is 11.6 Å². The van der Waals surface area contributed by atoms with E-state index in [1.807, 2.05) is 24.3 Å². The lowest BCUT2D eigenvalue weighted by molar-refractivity contribution is -0.140. The number of likely N-dealkylation sites (tertiary alicyclic amines) is 1.